The molecule has 0 bridgehead atoms. The largest absolute Gasteiger partial charge is 0.495 e. The van der Waals surface area contributed by atoms with Crippen LogP contribution in [0, 0.1) is 5.82 Å². The van der Waals surface area contributed by atoms with E-state index in [1.54, 1.807) is 13.8 Å². The molecule has 0 fully saturated rings. The van der Waals surface area contributed by atoms with Crippen molar-refractivity contribution in [2.45, 2.75) is 19.4 Å². The van der Waals surface area contributed by atoms with Crippen molar-refractivity contribution in [3.63, 3.8) is 0 Å². The molecule has 0 spiro atoms. The first kappa shape index (κ1) is 13.3. The van der Waals surface area contributed by atoms with Crippen LogP contribution >= 0.6 is 15.9 Å². The smallest absolute Gasteiger partial charge is 0.172 e. The fourth-order valence-corrected chi connectivity index (χ4v) is 2.18. The highest BCUT2D eigenvalue weighted by Gasteiger charge is 2.25. The second-order valence-corrected chi connectivity index (χ2v) is 4.80. The molecule has 0 unspecified atom stereocenters. The van der Waals surface area contributed by atoms with Crippen LogP contribution < -0.4 is 15.2 Å². The van der Waals surface area contributed by atoms with Gasteiger partial charge in [-0.25, -0.2) is 4.39 Å². The topological polar surface area (TPSA) is 44.5 Å². The number of hydrogen-bond acceptors (Lipinski definition) is 3. The van der Waals surface area contributed by atoms with Gasteiger partial charge in [0.2, 0.25) is 0 Å². The van der Waals surface area contributed by atoms with E-state index in [4.69, 9.17) is 15.2 Å². The van der Waals surface area contributed by atoms with Gasteiger partial charge in [0.05, 0.1) is 14.2 Å². The highest BCUT2D eigenvalue weighted by Crippen LogP contribution is 2.42. The zero-order valence-corrected chi connectivity index (χ0v) is 11.3. The molecule has 16 heavy (non-hydrogen) atoms. The quantitative estimate of drug-likeness (QED) is 0.931. The minimum Gasteiger partial charge on any atom is -0.495 e. The van der Waals surface area contributed by atoms with Crippen LogP contribution in [-0.4, -0.2) is 14.2 Å². The van der Waals surface area contributed by atoms with Gasteiger partial charge in [-0.05, 0) is 35.8 Å². The van der Waals surface area contributed by atoms with Crippen molar-refractivity contribution in [1.82, 2.24) is 0 Å². The Morgan fingerprint density at radius 3 is 2.12 bits per heavy atom. The second-order valence-electron chi connectivity index (χ2n) is 4.01. The molecule has 3 nitrogen and oxygen atoms in total. The van der Waals surface area contributed by atoms with Crippen molar-refractivity contribution in [2.24, 2.45) is 5.73 Å². The first-order chi connectivity index (χ1) is 7.32. The normalized spacial score (nSPS) is 11.4. The standard InChI is InChI=1S/C11H15BrFNO2/c1-11(2,14)6-5-7(13)10(16-4)8(12)9(6)15-3/h5H,14H2,1-4H3. The number of rotatable bonds is 3. The van der Waals surface area contributed by atoms with E-state index >= 15 is 0 Å². The van der Waals surface area contributed by atoms with Gasteiger partial charge in [0.1, 0.15) is 10.2 Å². The van der Waals surface area contributed by atoms with E-state index in [1.165, 1.54) is 20.3 Å². The van der Waals surface area contributed by atoms with Gasteiger partial charge in [0.15, 0.2) is 11.6 Å². The molecule has 0 amide bonds. The number of nitrogens with two attached hydrogens (primary N) is 1. The van der Waals surface area contributed by atoms with E-state index in [0.717, 1.165) is 0 Å². The Morgan fingerprint density at radius 2 is 1.75 bits per heavy atom. The average Bonchev–Trinajstić information content (AvgIpc) is 2.16. The first-order valence-electron chi connectivity index (χ1n) is 4.72. The predicted octanol–water partition coefficient (Wildman–Crippen LogP) is 2.80. The van der Waals surface area contributed by atoms with Gasteiger partial charge >= 0.3 is 0 Å². The zero-order valence-electron chi connectivity index (χ0n) is 9.73. The van der Waals surface area contributed by atoms with Gasteiger partial charge in [-0.15, -0.1) is 0 Å². The summed E-state index contributed by atoms with van der Waals surface area (Å²) in [4.78, 5) is 0. The Bertz CT molecular complexity index is 402. The third-order valence-corrected chi connectivity index (χ3v) is 2.95. The molecule has 0 saturated carbocycles. The summed E-state index contributed by atoms with van der Waals surface area (Å²) in [6.07, 6.45) is 0. The fraction of sp³-hybridized carbons (Fsp3) is 0.455. The molecule has 0 aliphatic rings. The number of halogens is 2. The summed E-state index contributed by atoms with van der Waals surface area (Å²) in [5, 5.41) is 0. The number of methoxy groups -OCH3 is 2. The summed E-state index contributed by atoms with van der Waals surface area (Å²) in [6, 6.07) is 1.34. The van der Waals surface area contributed by atoms with Gasteiger partial charge in [-0.1, -0.05) is 0 Å². The summed E-state index contributed by atoms with van der Waals surface area (Å²) < 4.78 is 24.3. The Hall–Kier alpha value is -0.810. The summed E-state index contributed by atoms with van der Waals surface area (Å²) in [7, 11) is 2.91. The Balaban J connectivity index is 3.53. The van der Waals surface area contributed by atoms with E-state index in [0.29, 0.717) is 15.8 Å². The fourth-order valence-electron chi connectivity index (χ4n) is 1.45. The Kier molecular flexibility index (Phi) is 3.80. The molecule has 1 aromatic rings. The number of benzene rings is 1. The number of hydrogen-bond donors (Lipinski definition) is 1. The minimum atomic E-state index is -0.693. The maximum absolute atomic E-state index is 13.7. The molecule has 0 aliphatic heterocycles. The second kappa shape index (κ2) is 4.59. The third-order valence-electron chi connectivity index (χ3n) is 2.23. The van der Waals surface area contributed by atoms with Crippen LogP contribution in [0.25, 0.3) is 0 Å². The van der Waals surface area contributed by atoms with Crippen molar-refractivity contribution in [3.8, 4) is 11.5 Å². The molecule has 90 valence electrons. The van der Waals surface area contributed by atoms with Crippen LogP contribution in [0.2, 0.25) is 0 Å². The molecular formula is C11H15BrFNO2. The lowest BCUT2D eigenvalue weighted by Crippen LogP contribution is -2.29. The van der Waals surface area contributed by atoms with Crippen molar-refractivity contribution in [2.75, 3.05) is 14.2 Å². The van der Waals surface area contributed by atoms with Crippen LogP contribution in [0.3, 0.4) is 0 Å². The Morgan fingerprint density at radius 1 is 1.25 bits per heavy atom. The van der Waals surface area contributed by atoms with Crippen LogP contribution in [0.1, 0.15) is 19.4 Å². The highest BCUT2D eigenvalue weighted by molar-refractivity contribution is 9.10. The molecule has 0 aromatic heterocycles. The maximum Gasteiger partial charge on any atom is 0.172 e. The summed E-state index contributed by atoms with van der Waals surface area (Å²) in [6.45, 7) is 3.56. The molecule has 2 N–H and O–H groups in total. The van der Waals surface area contributed by atoms with Crippen molar-refractivity contribution >= 4 is 15.9 Å². The predicted molar refractivity (Wildman–Crippen MR) is 64.4 cm³/mol. The number of ether oxygens (including phenoxy) is 2. The molecule has 0 aliphatic carbocycles. The summed E-state index contributed by atoms with van der Waals surface area (Å²) in [5.41, 5.74) is 5.84. The first-order valence-corrected chi connectivity index (χ1v) is 5.51. The molecule has 0 heterocycles. The lowest BCUT2D eigenvalue weighted by atomic mass is 9.94. The van der Waals surface area contributed by atoms with E-state index in [-0.39, 0.29) is 5.75 Å². The molecule has 5 heteroatoms. The molecule has 0 saturated heterocycles. The van der Waals surface area contributed by atoms with E-state index < -0.39 is 11.4 Å². The maximum atomic E-state index is 13.7. The Labute approximate surface area is 103 Å². The van der Waals surface area contributed by atoms with Crippen LogP contribution in [0.15, 0.2) is 10.5 Å². The van der Waals surface area contributed by atoms with Crippen molar-refractivity contribution in [1.29, 1.82) is 0 Å². The van der Waals surface area contributed by atoms with E-state index in [1.807, 2.05) is 0 Å². The SMILES string of the molecule is COc1c(F)cc(C(C)(C)N)c(OC)c1Br. The van der Waals surface area contributed by atoms with Crippen molar-refractivity contribution < 1.29 is 13.9 Å². The van der Waals surface area contributed by atoms with E-state index in [2.05, 4.69) is 15.9 Å². The van der Waals surface area contributed by atoms with Gasteiger partial charge in [0, 0.05) is 11.1 Å². The van der Waals surface area contributed by atoms with Crippen LogP contribution in [-0.2, 0) is 5.54 Å². The van der Waals surface area contributed by atoms with Crippen LogP contribution in [0.4, 0.5) is 4.39 Å². The molecule has 1 rings (SSSR count). The van der Waals surface area contributed by atoms with E-state index in [9.17, 15) is 4.39 Å². The summed E-state index contributed by atoms with van der Waals surface area (Å²) >= 11 is 3.25. The minimum absolute atomic E-state index is 0.116. The average molecular weight is 292 g/mol. The monoisotopic (exact) mass is 291 g/mol. The molecule has 0 atom stereocenters. The van der Waals surface area contributed by atoms with Crippen molar-refractivity contribution in [3.05, 3.63) is 21.9 Å². The lowest BCUT2D eigenvalue weighted by Gasteiger charge is -2.24. The third kappa shape index (κ3) is 2.30. The van der Waals surface area contributed by atoms with Gasteiger partial charge in [-0.2, -0.15) is 0 Å². The zero-order chi connectivity index (χ0) is 12.5. The van der Waals surface area contributed by atoms with Crippen LogP contribution in [0.5, 0.6) is 11.5 Å². The molecular weight excluding hydrogens is 277 g/mol. The van der Waals surface area contributed by atoms with Gasteiger partial charge in [0.25, 0.3) is 0 Å². The summed E-state index contributed by atoms with van der Waals surface area (Å²) in [5.74, 6) is 0.138. The lowest BCUT2D eigenvalue weighted by molar-refractivity contribution is 0.359. The van der Waals surface area contributed by atoms with Gasteiger partial charge in [-0.3, -0.25) is 0 Å². The molecule has 1 aromatic carbocycles. The highest BCUT2D eigenvalue weighted by atomic mass is 79.9. The molecule has 0 radical (unpaired) electrons. The van der Waals surface area contributed by atoms with Gasteiger partial charge < -0.3 is 15.2 Å².